The number of carbonyl (C=O) groups is 1. The van der Waals surface area contributed by atoms with Crippen LogP contribution in [-0.2, 0) is 14.8 Å². The van der Waals surface area contributed by atoms with Crippen LogP contribution in [0, 0.1) is 6.92 Å². The maximum absolute atomic E-state index is 11.7. The minimum absolute atomic E-state index is 0.0661. The third-order valence-corrected chi connectivity index (χ3v) is 3.58. The molecule has 1 rings (SSSR count). The van der Waals surface area contributed by atoms with Crippen molar-refractivity contribution in [2.24, 2.45) is 4.40 Å². The summed E-state index contributed by atoms with van der Waals surface area (Å²) in [6, 6.07) is 2.39. The topological polar surface area (TPSA) is 110 Å². The number of hydrogen-bond acceptors (Lipinski definition) is 5. The molecule has 0 amide bonds. The van der Waals surface area contributed by atoms with Gasteiger partial charge in [-0.2, -0.15) is 8.42 Å². The van der Waals surface area contributed by atoms with Gasteiger partial charge < -0.3 is 9.84 Å². The van der Waals surface area contributed by atoms with Crippen LogP contribution >= 0.6 is 0 Å². The first-order valence-electron chi connectivity index (χ1n) is 4.60. The SMILES string of the molecule is COc1ccc(C(=O)O)c(S(=O)(=O)N=C=O)c1C. The van der Waals surface area contributed by atoms with E-state index >= 15 is 0 Å². The Morgan fingerprint density at radius 1 is 1.44 bits per heavy atom. The summed E-state index contributed by atoms with van der Waals surface area (Å²) in [4.78, 5) is 20.5. The molecule has 0 fully saturated rings. The molecule has 18 heavy (non-hydrogen) atoms. The van der Waals surface area contributed by atoms with Gasteiger partial charge in [0.05, 0.1) is 12.7 Å². The summed E-state index contributed by atoms with van der Waals surface area (Å²) in [5.41, 5.74) is -0.413. The third kappa shape index (κ3) is 2.39. The lowest BCUT2D eigenvalue weighted by atomic mass is 10.1. The molecule has 0 bridgehead atoms. The fourth-order valence-electron chi connectivity index (χ4n) is 1.49. The van der Waals surface area contributed by atoms with E-state index in [1.807, 2.05) is 0 Å². The van der Waals surface area contributed by atoms with E-state index < -0.39 is 26.5 Å². The van der Waals surface area contributed by atoms with E-state index in [0.29, 0.717) is 0 Å². The van der Waals surface area contributed by atoms with E-state index in [-0.39, 0.29) is 11.3 Å². The maximum Gasteiger partial charge on any atom is 0.337 e. The van der Waals surface area contributed by atoms with Gasteiger partial charge in [-0.3, -0.25) is 0 Å². The highest BCUT2D eigenvalue weighted by Crippen LogP contribution is 2.29. The van der Waals surface area contributed by atoms with E-state index in [9.17, 15) is 18.0 Å². The van der Waals surface area contributed by atoms with E-state index in [2.05, 4.69) is 4.40 Å². The Labute approximate surface area is 103 Å². The molecule has 0 aliphatic carbocycles. The van der Waals surface area contributed by atoms with Crippen LogP contribution in [0.15, 0.2) is 21.4 Å². The lowest BCUT2D eigenvalue weighted by Gasteiger charge is -2.10. The smallest absolute Gasteiger partial charge is 0.337 e. The largest absolute Gasteiger partial charge is 0.496 e. The number of aromatic carboxylic acids is 1. The molecule has 0 aromatic heterocycles. The van der Waals surface area contributed by atoms with E-state index in [4.69, 9.17) is 9.84 Å². The first-order chi connectivity index (χ1) is 8.35. The normalized spacial score (nSPS) is 10.6. The molecule has 0 heterocycles. The van der Waals surface area contributed by atoms with Gasteiger partial charge in [0.15, 0.2) is 0 Å². The summed E-state index contributed by atoms with van der Waals surface area (Å²) >= 11 is 0. The summed E-state index contributed by atoms with van der Waals surface area (Å²) in [6.07, 6.45) is 0.891. The number of carbonyl (C=O) groups excluding carboxylic acids is 1. The highest BCUT2D eigenvalue weighted by molar-refractivity contribution is 7.90. The molecule has 0 saturated heterocycles. The molecule has 1 aromatic rings. The average Bonchev–Trinajstić information content (AvgIpc) is 2.27. The standard InChI is InChI=1S/C10H9NO6S/c1-6-8(17-2)4-3-7(10(13)14)9(6)18(15,16)11-5-12/h3-4H,1-2H3,(H,13,14). The van der Waals surface area contributed by atoms with Gasteiger partial charge in [-0.25, -0.2) is 9.59 Å². The molecular weight excluding hydrogens is 262 g/mol. The van der Waals surface area contributed by atoms with Gasteiger partial charge in [0.1, 0.15) is 10.6 Å². The van der Waals surface area contributed by atoms with Gasteiger partial charge in [0, 0.05) is 5.56 Å². The number of benzene rings is 1. The number of carboxylic acids is 1. The van der Waals surface area contributed by atoms with Crippen molar-refractivity contribution in [3.8, 4) is 5.75 Å². The molecule has 0 aliphatic heterocycles. The zero-order valence-electron chi connectivity index (χ0n) is 9.50. The molecule has 1 aromatic carbocycles. The predicted molar refractivity (Wildman–Crippen MR) is 60.0 cm³/mol. The predicted octanol–water partition coefficient (Wildman–Crippen LogP) is 0.726. The lowest BCUT2D eigenvalue weighted by molar-refractivity contribution is 0.0692. The molecule has 0 unspecified atom stereocenters. The molecule has 0 atom stereocenters. The number of ether oxygens (including phenoxy) is 1. The summed E-state index contributed by atoms with van der Waals surface area (Å²) in [6.45, 7) is 1.36. The number of isocyanates is 1. The van der Waals surface area contributed by atoms with Gasteiger partial charge in [0.2, 0.25) is 0 Å². The van der Waals surface area contributed by atoms with Gasteiger partial charge >= 0.3 is 5.97 Å². The Morgan fingerprint density at radius 2 is 2.06 bits per heavy atom. The molecule has 0 saturated carbocycles. The lowest BCUT2D eigenvalue weighted by Crippen LogP contribution is -2.10. The molecule has 0 spiro atoms. The number of rotatable bonds is 4. The van der Waals surface area contributed by atoms with Crippen LogP contribution in [0.5, 0.6) is 5.75 Å². The Bertz CT molecular complexity index is 643. The second-order valence-electron chi connectivity index (χ2n) is 3.23. The second kappa shape index (κ2) is 4.99. The number of sulfonamides is 1. The van der Waals surface area contributed by atoms with Crippen LogP contribution in [0.2, 0.25) is 0 Å². The molecule has 0 aliphatic rings. The molecule has 7 nitrogen and oxygen atoms in total. The molecule has 96 valence electrons. The van der Waals surface area contributed by atoms with Crippen LogP contribution in [0.3, 0.4) is 0 Å². The number of nitrogens with zero attached hydrogens (tertiary/aromatic N) is 1. The fourth-order valence-corrected chi connectivity index (χ4v) is 2.60. The monoisotopic (exact) mass is 271 g/mol. The van der Waals surface area contributed by atoms with Crippen molar-refractivity contribution in [1.82, 2.24) is 0 Å². The molecular formula is C10H9NO6S. The van der Waals surface area contributed by atoms with E-state index in [1.54, 1.807) is 0 Å². The minimum Gasteiger partial charge on any atom is -0.496 e. The Kier molecular flexibility index (Phi) is 3.85. The average molecular weight is 271 g/mol. The van der Waals surface area contributed by atoms with Crippen LogP contribution in [0.4, 0.5) is 0 Å². The summed E-state index contributed by atoms with van der Waals surface area (Å²) in [7, 11) is -3.10. The van der Waals surface area contributed by atoms with Gasteiger partial charge in [0.25, 0.3) is 16.1 Å². The second-order valence-corrected chi connectivity index (χ2v) is 4.77. The highest BCUT2D eigenvalue weighted by Gasteiger charge is 2.26. The maximum atomic E-state index is 11.7. The van der Waals surface area contributed by atoms with Crippen molar-refractivity contribution in [3.63, 3.8) is 0 Å². The zero-order valence-corrected chi connectivity index (χ0v) is 10.3. The number of methoxy groups -OCH3 is 1. The fraction of sp³-hybridized carbons (Fsp3) is 0.200. The molecule has 1 N–H and O–H groups in total. The minimum atomic E-state index is -4.41. The van der Waals surface area contributed by atoms with Gasteiger partial charge in [-0.15, -0.1) is 0 Å². The first-order valence-corrected chi connectivity index (χ1v) is 6.04. The third-order valence-electron chi connectivity index (χ3n) is 2.22. The quantitative estimate of drug-likeness (QED) is 0.638. The summed E-state index contributed by atoms with van der Waals surface area (Å²) < 4.78 is 30.9. The highest BCUT2D eigenvalue weighted by atomic mass is 32.2. The van der Waals surface area contributed by atoms with Gasteiger partial charge in [-0.05, 0) is 19.1 Å². The molecule has 0 radical (unpaired) electrons. The zero-order chi connectivity index (χ0) is 13.9. The Hall–Kier alpha value is -2.18. The summed E-state index contributed by atoms with van der Waals surface area (Å²) in [5, 5.41) is 8.94. The number of carboxylic acid groups (broad SMARTS) is 1. The number of hydrogen-bond donors (Lipinski definition) is 1. The van der Waals surface area contributed by atoms with Crippen molar-refractivity contribution >= 4 is 22.1 Å². The summed E-state index contributed by atoms with van der Waals surface area (Å²) in [5.74, 6) is -1.26. The van der Waals surface area contributed by atoms with Crippen LogP contribution < -0.4 is 4.74 Å². The van der Waals surface area contributed by atoms with E-state index in [0.717, 1.165) is 12.1 Å². The van der Waals surface area contributed by atoms with Crippen LogP contribution in [-0.4, -0.2) is 32.7 Å². The van der Waals surface area contributed by atoms with Crippen molar-refractivity contribution in [1.29, 1.82) is 0 Å². The van der Waals surface area contributed by atoms with Crippen molar-refractivity contribution in [2.45, 2.75) is 11.8 Å². The Balaban J connectivity index is 3.78. The van der Waals surface area contributed by atoms with Crippen molar-refractivity contribution in [3.05, 3.63) is 23.3 Å². The van der Waals surface area contributed by atoms with Crippen LogP contribution in [0.25, 0.3) is 0 Å². The Morgan fingerprint density at radius 3 is 2.50 bits per heavy atom. The van der Waals surface area contributed by atoms with Crippen molar-refractivity contribution in [2.75, 3.05) is 7.11 Å². The van der Waals surface area contributed by atoms with E-state index in [1.165, 1.54) is 20.1 Å². The van der Waals surface area contributed by atoms with Crippen molar-refractivity contribution < 1.29 is 27.9 Å². The van der Waals surface area contributed by atoms with Gasteiger partial charge in [-0.1, -0.05) is 4.40 Å². The first kappa shape index (κ1) is 13.9. The van der Waals surface area contributed by atoms with Crippen LogP contribution in [0.1, 0.15) is 15.9 Å². The molecule has 8 heteroatoms.